The Balaban J connectivity index is 2.35. The summed E-state index contributed by atoms with van der Waals surface area (Å²) in [5.41, 5.74) is 1.24. The second-order valence-electron chi connectivity index (χ2n) is 4.13. The Morgan fingerprint density at radius 3 is 2.10 bits per heavy atom. The van der Waals surface area contributed by atoms with Crippen LogP contribution in [0, 0.1) is 0 Å². The van der Waals surface area contributed by atoms with Crippen molar-refractivity contribution in [1.82, 2.24) is 0 Å². The van der Waals surface area contributed by atoms with Crippen molar-refractivity contribution in [3.8, 4) is 5.75 Å². The number of methoxy groups -OCH3 is 1. The molecule has 0 saturated carbocycles. The summed E-state index contributed by atoms with van der Waals surface area (Å²) in [4.78, 5) is 12.4. The Hall–Kier alpha value is -1.77. The molecule has 2 aromatic carbocycles. The molecule has 2 aromatic rings. The number of carbonyl (C=O) groups excluding carboxylic acids is 1. The molecule has 0 aliphatic carbocycles. The van der Waals surface area contributed by atoms with E-state index in [2.05, 4.69) is 6.58 Å². The number of halogens is 2. The third-order valence-corrected chi connectivity index (χ3v) is 3.52. The van der Waals surface area contributed by atoms with Crippen LogP contribution in [0.2, 0.25) is 10.0 Å². The number of benzene rings is 2. The number of carbonyl (C=O) groups is 1. The molecular weight excluding hydrogens is 295 g/mol. The first kappa shape index (κ1) is 14.6. The van der Waals surface area contributed by atoms with Crippen molar-refractivity contribution >= 4 is 34.6 Å². The highest BCUT2D eigenvalue weighted by Gasteiger charge is 2.17. The number of rotatable bonds is 4. The van der Waals surface area contributed by atoms with Crippen molar-refractivity contribution in [1.29, 1.82) is 0 Å². The van der Waals surface area contributed by atoms with Gasteiger partial charge in [-0.1, -0.05) is 35.8 Å². The highest BCUT2D eigenvalue weighted by Crippen LogP contribution is 2.32. The molecule has 2 rings (SSSR count). The molecule has 0 N–H and O–H groups in total. The van der Waals surface area contributed by atoms with Gasteiger partial charge in [0, 0.05) is 16.7 Å². The van der Waals surface area contributed by atoms with Crippen LogP contribution in [0.3, 0.4) is 0 Å². The van der Waals surface area contributed by atoms with Gasteiger partial charge >= 0.3 is 0 Å². The summed E-state index contributed by atoms with van der Waals surface area (Å²) in [7, 11) is 1.57. The lowest BCUT2D eigenvalue weighted by Crippen LogP contribution is -2.03. The van der Waals surface area contributed by atoms with Gasteiger partial charge < -0.3 is 4.74 Å². The minimum Gasteiger partial charge on any atom is -0.497 e. The van der Waals surface area contributed by atoms with Gasteiger partial charge in [-0.2, -0.15) is 0 Å². The molecule has 0 unspecified atom stereocenters. The summed E-state index contributed by atoms with van der Waals surface area (Å²) in [5, 5.41) is 0.814. The van der Waals surface area contributed by atoms with Crippen LogP contribution in [0.4, 0.5) is 0 Å². The average molecular weight is 307 g/mol. The van der Waals surface area contributed by atoms with Crippen molar-refractivity contribution in [3.63, 3.8) is 0 Å². The minimum atomic E-state index is -0.220. The number of allylic oxidation sites excluding steroid dienone is 1. The van der Waals surface area contributed by atoms with E-state index < -0.39 is 0 Å². The number of ketones is 1. The van der Waals surface area contributed by atoms with Crippen LogP contribution in [0.25, 0.3) is 5.57 Å². The maximum absolute atomic E-state index is 12.4. The number of Topliss-reactive ketones (excluding diaryl/α,β-unsaturated/α-hetero) is 1. The van der Waals surface area contributed by atoms with Crippen LogP contribution in [0.5, 0.6) is 5.75 Å². The molecule has 0 amide bonds. The number of hydrogen-bond donors (Lipinski definition) is 0. The van der Waals surface area contributed by atoms with E-state index in [4.69, 9.17) is 27.9 Å². The first-order valence-corrected chi connectivity index (χ1v) is 6.62. The van der Waals surface area contributed by atoms with Crippen LogP contribution < -0.4 is 4.74 Å². The SMILES string of the molecule is C=C(C(=O)c1ccc(OC)cc1)c1c(Cl)cccc1Cl. The predicted octanol–water partition coefficient (Wildman–Crippen LogP) is 4.90. The van der Waals surface area contributed by atoms with Gasteiger partial charge in [0.25, 0.3) is 0 Å². The fourth-order valence-electron chi connectivity index (χ4n) is 1.82. The summed E-state index contributed by atoms with van der Waals surface area (Å²) in [6.45, 7) is 3.82. The molecule has 0 aliphatic rings. The van der Waals surface area contributed by atoms with E-state index in [0.717, 1.165) is 0 Å². The molecule has 0 bridgehead atoms. The second-order valence-corrected chi connectivity index (χ2v) is 4.95. The Bertz CT molecular complexity index is 640. The normalized spacial score (nSPS) is 10.2. The molecule has 20 heavy (non-hydrogen) atoms. The fourth-order valence-corrected chi connectivity index (χ4v) is 2.44. The Morgan fingerprint density at radius 1 is 1.05 bits per heavy atom. The van der Waals surface area contributed by atoms with Gasteiger partial charge in [-0.25, -0.2) is 0 Å². The Kier molecular flexibility index (Phi) is 4.48. The van der Waals surface area contributed by atoms with Crippen LogP contribution in [0.15, 0.2) is 49.0 Å². The van der Waals surface area contributed by atoms with Crippen molar-refractivity contribution in [2.75, 3.05) is 7.11 Å². The quantitative estimate of drug-likeness (QED) is 0.593. The van der Waals surface area contributed by atoms with Crippen molar-refractivity contribution in [2.45, 2.75) is 0 Å². The second kappa shape index (κ2) is 6.12. The molecular formula is C16H12Cl2O2. The zero-order chi connectivity index (χ0) is 14.7. The van der Waals surface area contributed by atoms with Gasteiger partial charge in [0.2, 0.25) is 0 Å². The van der Waals surface area contributed by atoms with Gasteiger partial charge in [-0.05, 0) is 36.4 Å². The lowest BCUT2D eigenvalue weighted by atomic mass is 9.98. The van der Waals surface area contributed by atoms with E-state index in [0.29, 0.717) is 26.9 Å². The number of ether oxygens (including phenoxy) is 1. The van der Waals surface area contributed by atoms with Crippen molar-refractivity contribution in [2.24, 2.45) is 0 Å². The highest BCUT2D eigenvalue weighted by atomic mass is 35.5. The monoisotopic (exact) mass is 306 g/mol. The molecule has 0 aromatic heterocycles. The fraction of sp³-hybridized carbons (Fsp3) is 0.0625. The number of hydrogen-bond acceptors (Lipinski definition) is 2. The third-order valence-electron chi connectivity index (χ3n) is 2.89. The van der Waals surface area contributed by atoms with E-state index in [1.807, 2.05) is 0 Å². The summed E-state index contributed by atoms with van der Waals surface area (Å²) in [5.74, 6) is 0.464. The zero-order valence-electron chi connectivity index (χ0n) is 10.8. The predicted molar refractivity (Wildman–Crippen MR) is 82.8 cm³/mol. The van der Waals surface area contributed by atoms with Crippen LogP contribution in [-0.4, -0.2) is 12.9 Å². The van der Waals surface area contributed by atoms with E-state index in [1.54, 1.807) is 49.6 Å². The lowest BCUT2D eigenvalue weighted by molar-refractivity contribution is 0.105. The molecule has 4 heteroatoms. The lowest BCUT2D eigenvalue weighted by Gasteiger charge is -2.09. The van der Waals surface area contributed by atoms with Crippen LogP contribution in [-0.2, 0) is 0 Å². The topological polar surface area (TPSA) is 26.3 Å². The first-order valence-electron chi connectivity index (χ1n) is 5.86. The van der Waals surface area contributed by atoms with E-state index >= 15 is 0 Å². The third kappa shape index (κ3) is 2.87. The van der Waals surface area contributed by atoms with Gasteiger partial charge in [-0.15, -0.1) is 0 Å². The van der Waals surface area contributed by atoms with Crippen molar-refractivity contribution in [3.05, 3.63) is 70.2 Å². The maximum Gasteiger partial charge on any atom is 0.193 e. The summed E-state index contributed by atoms with van der Waals surface area (Å²) < 4.78 is 5.06. The Morgan fingerprint density at radius 2 is 1.60 bits per heavy atom. The molecule has 0 heterocycles. The van der Waals surface area contributed by atoms with E-state index in [-0.39, 0.29) is 11.4 Å². The molecule has 0 aliphatic heterocycles. The van der Waals surface area contributed by atoms with E-state index in [1.165, 1.54) is 0 Å². The minimum absolute atomic E-state index is 0.220. The first-order chi connectivity index (χ1) is 9.54. The molecule has 2 nitrogen and oxygen atoms in total. The standard InChI is InChI=1S/C16H12Cl2O2/c1-10(15-13(17)4-3-5-14(15)18)16(19)11-6-8-12(20-2)9-7-11/h3-9H,1H2,2H3. The van der Waals surface area contributed by atoms with Gasteiger partial charge in [-0.3, -0.25) is 4.79 Å². The molecule has 0 radical (unpaired) electrons. The van der Waals surface area contributed by atoms with Crippen LogP contribution in [0.1, 0.15) is 15.9 Å². The smallest absolute Gasteiger partial charge is 0.193 e. The molecule has 0 spiro atoms. The maximum atomic E-state index is 12.4. The molecule has 0 atom stereocenters. The zero-order valence-corrected chi connectivity index (χ0v) is 12.3. The van der Waals surface area contributed by atoms with Gasteiger partial charge in [0.15, 0.2) is 5.78 Å². The van der Waals surface area contributed by atoms with E-state index in [9.17, 15) is 4.79 Å². The average Bonchev–Trinajstić information content (AvgIpc) is 2.46. The highest BCUT2D eigenvalue weighted by molar-refractivity contribution is 6.42. The molecule has 0 fully saturated rings. The summed E-state index contributed by atoms with van der Waals surface area (Å²) in [6, 6.07) is 11.9. The molecule has 102 valence electrons. The summed E-state index contributed by atoms with van der Waals surface area (Å²) >= 11 is 12.2. The molecule has 0 saturated heterocycles. The largest absolute Gasteiger partial charge is 0.497 e. The van der Waals surface area contributed by atoms with Gasteiger partial charge in [0.05, 0.1) is 17.2 Å². The Labute approximate surface area is 127 Å². The van der Waals surface area contributed by atoms with Gasteiger partial charge in [0.1, 0.15) is 5.75 Å². The van der Waals surface area contributed by atoms with Crippen LogP contribution >= 0.6 is 23.2 Å². The van der Waals surface area contributed by atoms with Crippen molar-refractivity contribution < 1.29 is 9.53 Å². The summed E-state index contributed by atoms with van der Waals surface area (Å²) in [6.07, 6.45) is 0.